The van der Waals surface area contributed by atoms with E-state index in [9.17, 15) is 17.6 Å². The van der Waals surface area contributed by atoms with E-state index in [2.05, 4.69) is 0 Å². The molecule has 5 rings (SSSR count). The van der Waals surface area contributed by atoms with E-state index in [4.69, 9.17) is 13.6 Å². The summed E-state index contributed by atoms with van der Waals surface area (Å²) in [4.78, 5) is 17.4. The van der Waals surface area contributed by atoms with Gasteiger partial charge >= 0.3 is 10.1 Å². The molecule has 1 saturated carbocycles. The molecule has 2 aromatic carbocycles. The Balaban J connectivity index is 1.57. The fraction of sp³-hybridized carbons (Fsp3) is 0.280. The van der Waals surface area contributed by atoms with Crippen molar-refractivity contribution in [2.24, 2.45) is 4.99 Å². The summed E-state index contributed by atoms with van der Waals surface area (Å²) in [5, 5.41) is 0. The van der Waals surface area contributed by atoms with Crippen LogP contribution < -0.4 is 9.61 Å². The molecule has 0 spiro atoms. The van der Waals surface area contributed by atoms with E-state index in [1.807, 2.05) is 6.92 Å². The van der Waals surface area contributed by atoms with Crippen LogP contribution in [-0.4, -0.2) is 14.1 Å². The van der Waals surface area contributed by atoms with Gasteiger partial charge in [-0.15, -0.1) is 0 Å². The molecule has 0 saturated heterocycles. The van der Waals surface area contributed by atoms with Crippen LogP contribution in [0.3, 0.4) is 0 Å². The molecule has 1 atom stereocenters. The first-order chi connectivity index (χ1) is 15.8. The van der Waals surface area contributed by atoms with Crippen molar-refractivity contribution >= 4 is 21.5 Å². The highest BCUT2D eigenvalue weighted by Crippen LogP contribution is 2.50. The molecule has 1 unspecified atom stereocenters. The van der Waals surface area contributed by atoms with Crippen LogP contribution in [0.2, 0.25) is 0 Å². The van der Waals surface area contributed by atoms with E-state index in [1.165, 1.54) is 30.5 Å². The van der Waals surface area contributed by atoms with Crippen molar-refractivity contribution in [3.8, 4) is 5.75 Å². The van der Waals surface area contributed by atoms with Crippen LogP contribution in [0.15, 0.2) is 73.9 Å². The molecular weight excluding hydrogens is 445 g/mol. The average molecular weight is 468 g/mol. The van der Waals surface area contributed by atoms with Gasteiger partial charge in [-0.25, -0.2) is 4.39 Å². The maximum Gasteiger partial charge on any atom is 0.339 e. The second kappa shape index (κ2) is 7.95. The van der Waals surface area contributed by atoms with Crippen LogP contribution in [0.25, 0.3) is 0 Å². The summed E-state index contributed by atoms with van der Waals surface area (Å²) in [7, 11) is -4.26. The Morgan fingerprint density at radius 2 is 1.91 bits per heavy atom. The molecule has 0 radical (unpaired) electrons. The smallest absolute Gasteiger partial charge is 0.339 e. The van der Waals surface area contributed by atoms with E-state index in [0.29, 0.717) is 12.1 Å². The van der Waals surface area contributed by atoms with Crippen molar-refractivity contribution in [1.29, 1.82) is 0 Å². The van der Waals surface area contributed by atoms with Gasteiger partial charge in [0, 0.05) is 23.6 Å². The summed E-state index contributed by atoms with van der Waals surface area (Å²) in [5.41, 5.74) is 1.95. The van der Waals surface area contributed by atoms with Gasteiger partial charge in [0.1, 0.15) is 10.7 Å². The molecule has 1 fully saturated rings. The van der Waals surface area contributed by atoms with Crippen LogP contribution in [-0.2, 0) is 22.0 Å². The average Bonchev–Trinajstić information content (AvgIpc) is 3.10. The molecule has 0 N–H and O–H groups in total. The zero-order valence-corrected chi connectivity index (χ0v) is 18.8. The molecule has 8 heteroatoms. The van der Waals surface area contributed by atoms with Crippen LogP contribution >= 0.6 is 0 Å². The summed E-state index contributed by atoms with van der Waals surface area (Å²) in [5.74, 6) is -0.643. The number of benzene rings is 2. The predicted octanol–water partition coefficient (Wildman–Crippen LogP) is 5.00. The van der Waals surface area contributed by atoms with E-state index in [1.54, 1.807) is 18.2 Å². The lowest BCUT2D eigenvalue weighted by Gasteiger charge is -2.35. The quantitative estimate of drug-likeness (QED) is 0.493. The number of nitrogens with zero attached hydrogens (tertiary/aromatic N) is 1. The van der Waals surface area contributed by atoms with Crippen LogP contribution in [0, 0.1) is 12.7 Å². The third-order valence-corrected chi connectivity index (χ3v) is 7.66. The summed E-state index contributed by atoms with van der Waals surface area (Å²) >= 11 is 0. The van der Waals surface area contributed by atoms with E-state index in [-0.39, 0.29) is 28.6 Å². The molecule has 33 heavy (non-hydrogen) atoms. The predicted molar refractivity (Wildman–Crippen MR) is 121 cm³/mol. The fourth-order valence-corrected chi connectivity index (χ4v) is 5.73. The Hall–Kier alpha value is -3.26. The van der Waals surface area contributed by atoms with Gasteiger partial charge in [0.05, 0.1) is 12.0 Å². The van der Waals surface area contributed by atoms with Crippen molar-refractivity contribution < 1.29 is 21.4 Å². The van der Waals surface area contributed by atoms with Crippen molar-refractivity contribution in [2.75, 3.05) is 0 Å². The Labute approximate surface area is 190 Å². The van der Waals surface area contributed by atoms with Gasteiger partial charge in [-0.2, -0.15) is 8.42 Å². The lowest BCUT2D eigenvalue weighted by Crippen LogP contribution is -2.38. The molecule has 3 aromatic rings. The van der Waals surface area contributed by atoms with Gasteiger partial charge < -0.3 is 8.60 Å². The highest BCUT2D eigenvalue weighted by atomic mass is 32.2. The van der Waals surface area contributed by atoms with Crippen LogP contribution in [0.4, 0.5) is 10.1 Å². The summed E-state index contributed by atoms with van der Waals surface area (Å²) in [6, 6.07) is 11.8. The number of halogens is 1. The Kier molecular flexibility index (Phi) is 5.20. The monoisotopic (exact) mass is 467 g/mol. The molecule has 170 valence electrons. The van der Waals surface area contributed by atoms with Gasteiger partial charge in [0.2, 0.25) is 11.2 Å². The number of hydrogen-bond donors (Lipinski definition) is 0. The lowest BCUT2D eigenvalue weighted by atomic mass is 9.66. The minimum absolute atomic E-state index is 0.0614. The third kappa shape index (κ3) is 3.78. The molecule has 1 aromatic heterocycles. The van der Waals surface area contributed by atoms with Crippen molar-refractivity contribution in [3.63, 3.8) is 0 Å². The number of fused-ring (bicyclic) bond motifs is 3. The lowest BCUT2D eigenvalue weighted by molar-refractivity contribution is 0.379. The van der Waals surface area contributed by atoms with Crippen molar-refractivity contribution in [2.45, 2.75) is 49.3 Å². The summed E-state index contributed by atoms with van der Waals surface area (Å²) in [6.45, 7) is 1.84. The topological polar surface area (TPSA) is 85.9 Å². The third-order valence-electron chi connectivity index (χ3n) is 6.42. The Morgan fingerprint density at radius 3 is 2.70 bits per heavy atom. The van der Waals surface area contributed by atoms with E-state index >= 15 is 0 Å². The van der Waals surface area contributed by atoms with Gasteiger partial charge in [-0.05, 0) is 62.1 Å². The second-order valence-electron chi connectivity index (χ2n) is 8.57. The van der Waals surface area contributed by atoms with Gasteiger partial charge in [-0.3, -0.25) is 9.79 Å². The molecule has 0 bridgehead atoms. The number of rotatable bonds is 5. The summed E-state index contributed by atoms with van der Waals surface area (Å²) < 4.78 is 51.0. The van der Waals surface area contributed by atoms with Crippen molar-refractivity contribution in [1.82, 2.24) is 0 Å². The SMILES string of the molecule is Cc1ccc(S(=O)(=O)Oc2c(CC34CCCCC3=Nc3ccc(F)cc34)occc2=O)cc1. The molecule has 6 nitrogen and oxygen atoms in total. The van der Waals surface area contributed by atoms with Crippen molar-refractivity contribution in [3.05, 3.63) is 87.7 Å². The highest BCUT2D eigenvalue weighted by molar-refractivity contribution is 7.87. The Bertz CT molecular complexity index is 1430. The molecule has 2 aliphatic rings. The standard InChI is InChI=1S/C25H22FNO5S/c1-16-5-8-18(9-6-16)33(29,30)32-24-21(28)11-13-31-22(24)15-25-12-3-2-4-23(25)27-20-10-7-17(26)14-19(20)25/h5-11,13-14H,2-4,12,15H2,1H3. The molecule has 2 heterocycles. The van der Waals surface area contributed by atoms with Gasteiger partial charge in [0.25, 0.3) is 0 Å². The maximum absolute atomic E-state index is 14.2. The number of aliphatic imine (C=N–C) groups is 1. The Morgan fingerprint density at radius 1 is 1.12 bits per heavy atom. The van der Waals surface area contributed by atoms with Crippen LogP contribution in [0.1, 0.15) is 42.6 Å². The first kappa shape index (κ1) is 21.6. The minimum atomic E-state index is -4.26. The number of aryl methyl sites for hydroxylation is 1. The maximum atomic E-state index is 14.2. The number of hydrogen-bond acceptors (Lipinski definition) is 6. The first-order valence-electron chi connectivity index (χ1n) is 10.8. The highest BCUT2D eigenvalue weighted by Gasteiger charge is 2.46. The fourth-order valence-electron chi connectivity index (χ4n) is 4.77. The van der Waals surface area contributed by atoms with Crippen LogP contribution in [0.5, 0.6) is 5.75 Å². The molecule has 1 aliphatic heterocycles. The molecular formula is C25H22FNO5S. The zero-order valence-electron chi connectivity index (χ0n) is 18.0. The van der Waals surface area contributed by atoms with Gasteiger partial charge in [-0.1, -0.05) is 24.1 Å². The largest absolute Gasteiger partial charge is 0.465 e. The summed E-state index contributed by atoms with van der Waals surface area (Å²) in [6.07, 6.45) is 4.65. The molecule has 0 amide bonds. The zero-order chi connectivity index (χ0) is 23.2. The minimum Gasteiger partial charge on any atom is -0.465 e. The van der Waals surface area contributed by atoms with E-state index < -0.39 is 21.0 Å². The normalized spacial score (nSPS) is 19.5. The van der Waals surface area contributed by atoms with Gasteiger partial charge in [0.15, 0.2) is 5.76 Å². The second-order valence-corrected chi connectivity index (χ2v) is 10.1. The first-order valence-corrected chi connectivity index (χ1v) is 12.2. The molecule has 1 aliphatic carbocycles. The van der Waals surface area contributed by atoms with E-state index in [0.717, 1.165) is 42.2 Å².